The van der Waals surface area contributed by atoms with E-state index in [9.17, 15) is 9.59 Å². The summed E-state index contributed by atoms with van der Waals surface area (Å²) in [4.78, 5) is 22.0. The van der Waals surface area contributed by atoms with Gasteiger partial charge in [0.1, 0.15) is 18.9 Å². The van der Waals surface area contributed by atoms with Gasteiger partial charge in [0.15, 0.2) is 0 Å². The highest BCUT2D eigenvalue weighted by molar-refractivity contribution is 5.83. The number of aliphatic carboxylic acids is 1. The van der Waals surface area contributed by atoms with E-state index < -0.39 is 17.9 Å². The smallest absolute Gasteiger partial charge is 0.326 e. The Morgan fingerprint density at radius 2 is 2.25 bits per heavy atom. The molecule has 0 bridgehead atoms. The molecule has 0 aromatic carbocycles. The maximum absolute atomic E-state index is 11.3. The first-order valence-corrected chi connectivity index (χ1v) is 4.47. The predicted octanol–water partition coefficient (Wildman–Crippen LogP) is -2.38. The third kappa shape index (κ3) is 3.61. The number of aliphatic hydroxyl groups excluding tert-OH is 1. The summed E-state index contributed by atoms with van der Waals surface area (Å²) in [6.45, 7) is -0.482. The molecule has 0 spiro atoms. The first-order chi connectivity index (χ1) is 7.63. The van der Waals surface area contributed by atoms with E-state index in [0.29, 0.717) is 0 Å². The van der Waals surface area contributed by atoms with Gasteiger partial charge in [0.05, 0.1) is 0 Å². The van der Waals surface area contributed by atoms with Crippen LogP contribution in [0.1, 0.15) is 6.42 Å². The van der Waals surface area contributed by atoms with Crippen molar-refractivity contribution in [1.29, 1.82) is 0 Å². The number of nitrogens with zero attached hydrogens (tertiary/aromatic N) is 4. The molecule has 0 unspecified atom stereocenters. The van der Waals surface area contributed by atoms with Crippen LogP contribution in [0.4, 0.5) is 0 Å². The molecular weight excluding hydrogens is 218 g/mol. The molecule has 1 heterocycles. The van der Waals surface area contributed by atoms with E-state index in [4.69, 9.17) is 10.2 Å². The molecule has 9 nitrogen and oxygen atoms in total. The highest BCUT2D eigenvalue weighted by atomic mass is 16.4. The Balaban J connectivity index is 2.45. The molecule has 1 aromatic heterocycles. The van der Waals surface area contributed by atoms with Crippen LogP contribution in [-0.4, -0.2) is 54.9 Å². The lowest BCUT2D eigenvalue weighted by Gasteiger charge is -2.12. The maximum Gasteiger partial charge on any atom is 0.326 e. The Morgan fingerprint density at radius 3 is 2.75 bits per heavy atom. The largest absolute Gasteiger partial charge is 0.480 e. The summed E-state index contributed by atoms with van der Waals surface area (Å²) in [6.07, 6.45) is 1.19. The first kappa shape index (κ1) is 12.0. The van der Waals surface area contributed by atoms with E-state index in [2.05, 4.69) is 20.8 Å². The van der Waals surface area contributed by atoms with Crippen LogP contribution >= 0.6 is 0 Å². The summed E-state index contributed by atoms with van der Waals surface area (Å²) in [5.41, 5.74) is 0. The van der Waals surface area contributed by atoms with Crippen molar-refractivity contribution in [3.05, 3.63) is 6.33 Å². The molecule has 0 fully saturated rings. The van der Waals surface area contributed by atoms with Crippen molar-refractivity contribution >= 4 is 11.9 Å². The second kappa shape index (κ2) is 5.75. The van der Waals surface area contributed by atoms with Crippen LogP contribution in [-0.2, 0) is 16.1 Å². The number of hydrogen-bond acceptors (Lipinski definition) is 6. The molecule has 0 saturated heterocycles. The molecule has 9 heteroatoms. The van der Waals surface area contributed by atoms with Gasteiger partial charge in [0.25, 0.3) is 0 Å². The topological polar surface area (TPSA) is 130 Å². The molecule has 1 amide bonds. The van der Waals surface area contributed by atoms with Crippen LogP contribution in [0.3, 0.4) is 0 Å². The molecule has 88 valence electrons. The summed E-state index contributed by atoms with van der Waals surface area (Å²) < 4.78 is 1.16. The molecular formula is C7H11N5O4. The molecule has 0 aliphatic carbocycles. The number of rotatable bonds is 6. The number of hydrogen-bond donors (Lipinski definition) is 3. The molecule has 3 N–H and O–H groups in total. The van der Waals surface area contributed by atoms with Crippen molar-refractivity contribution in [1.82, 2.24) is 25.5 Å². The second-order valence-electron chi connectivity index (χ2n) is 2.98. The fourth-order valence-corrected chi connectivity index (χ4v) is 1.03. The lowest BCUT2D eigenvalue weighted by Crippen LogP contribution is -2.42. The van der Waals surface area contributed by atoms with Gasteiger partial charge in [-0.3, -0.25) is 4.79 Å². The summed E-state index contributed by atoms with van der Waals surface area (Å²) >= 11 is 0. The summed E-state index contributed by atoms with van der Waals surface area (Å²) in [6, 6.07) is -1.10. The minimum absolute atomic E-state index is 0.0450. The fourth-order valence-electron chi connectivity index (χ4n) is 1.03. The van der Waals surface area contributed by atoms with Crippen molar-refractivity contribution in [2.75, 3.05) is 6.61 Å². The summed E-state index contributed by atoms with van der Waals surface area (Å²) in [5, 5.41) is 29.6. The Kier molecular flexibility index (Phi) is 4.33. The Morgan fingerprint density at radius 1 is 1.50 bits per heavy atom. The van der Waals surface area contributed by atoms with Crippen LogP contribution in [0.15, 0.2) is 6.33 Å². The quantitative estimate of drug-likeness (QED) is 0.496. The zero-order valence-electron chi connectivity index (χ0n) is 8.28. The number of carbonyl (C=O) groups is 2. The highest BCUT2D eigenvalue weighted by Gasteiger charge is 2.19. The molecule has 0 saturated carbocycles. The Labute approximate surface area is 90.1 Å². The van der Waals surface area contributed by atoms with Crippen molar-refractivity contribution in [3.8, 4) is 0 Å². The SMILES string of the molecule is O=C(Cn1cnnn1)N[C@H](CCO)C(=O)O. The van der Waals surface area contributed by atoms with E-state index in [1.54, 1.807) is 0 Å². The van der Waals surface area contributed by atoms with Crippen LogP contribution in [0.25, 0.3) is 0 Å². The standard InChI is InChI=1S/C7H11N5O4/c13-2-1-5(7(15)16)9-6(14)3-12-4-8-10-11-12/h4-5,13H,1-3H2,(H,9,14)(H,15,16)/t5-/m1/s1. The number of aliphatic hydroxyl groups is 1. The molecule has 16 heavy (non-hydrogen) atoms. The van der Waals surface area contributed by atoms with E-state index in [-0.39, 0.29) is 19.6 Å². The lowest BCUT2D eigenvalue weighted by atomic mass is 10.2. The van der Waals surface area contributed by atoms with E-state index in [1.165, 1.54) is 6.33 Å². The minimum Gasteiger partial charge on any atom is -0.480 e. The van der Waals surface area contributed by atoms with Crippen molar-refractivity contribution in [3.63, 3.8) is 0 Å². The fraction of sp³-hybridized carbons (Fsp3) is 0.571. The van der Waals surface area contributed by atoms with Crippen molar-refractivity contribution < 1.29 is 19.8 Å². The molecule has 0 aliphatic heterocycles. The molecule has 1 rings (SSSR count). The number of nitrogens with one attached hydrogen (secondary N) is 1. The average molecular weight is 229 g/mol. The maximum atomic E-state index is 11.3. The van der Waals surface area contributed by atoms with Gasteiger partial charge < -0.3 is 15.5 Å². The second-order valence-corrected chi connectivity index (χ2v) is 2.98. The number of carboxylic acids is 1. The average Bonchev–Trinajstić information content (AvgIpc) is 2.69. The monoisotopic (exact) mass is 229 g/mol. The first-order valence-electron chi connectivity index (χ1n) is 4.47. The van der Waals surface area contributed by atoms with E-state index in [0.717, 1.165) is 4.68 Å². The van der Waals surface area contributed by atoms with E-state index in [1.807, 2.05) is 0 Å². The van der Waals surface area contributed by atoms with E-state index >= 15 is 0 Å². The minimum atomic E-state index is -1.20. The third-order valence-corrected chi connectivity index (χ3v) is 1.75. The van der Waals surface area contributed by atoms with Crippen LogP contribution < -0.4 is 5.32 Å². The van der Waals surface area contributed by atoms with Gasteiger partial charge >= 0.3 is 5.97 Å². The lowest BCUT2D eigenvalue weighted by molar-refractivity contribution is -0.142. The third-order valence-electron chi connectivity index (χ3n) is 1.75. The van der Waals surface area contributed by atoms with Gasteiger partial charge in [-0.2, -0.15) is 0 Å². The van der Waals surface area contributed by atoms with Gasteiger partial charge in [-0.05, 0) is 10.4 Å². The highest BCUT2D eigenvalue weighted by Crippen LogP contribution is 1.92. The number of carboxylic acid groups (broad SMARTS) is 1. The van der Waals surface area contributed by atoms with Crippen LogP contribution in [0, 0.1) is 0 Å². The zero-order chi connectivity index (χ0) is 12.0. The van der Waals surface area contributed by atoms with Gasteiger partial charge in [0.2, 0.25) is 5.91 Å². The molecule has 0 aliphatic rings. The van der Waals surface area contributed by atoms with Gasteiger partial charge in [-0.15, -0.1) is 5.10 Å². The Bertz CT molecular complexity index is 352. The number of amides is 1. The van der Waals surface area contributed by atoms with Gasteiger partial charge in [0, 0.05) is 13.0 Å². The predicted molar refractivity (Wildman–Crippen MR) is 49.1 cm³/mol. The number of aromatic nitrogens is 4. The van der Waals surface area contributed by atoms with Crippen LogP contribution in [0.2, 0.25) is 0 Å². The van der Waals surface area contributed by atoms with Crippen LogP contribution in [0.5, 0.6) is 0 Å². The molecule has 1 aromatic rings. The Hall–Kier alpha value is -2.03. The molecule has 0 radical (unpaired) electrons. The number of carbonyl (C=O) groups excluding carboxylic acids is 1. The zero-order valence-corrected chi connectivity index (χ0v) is 8.28. The van der Waals surface area contributed by atoms with Gasteiger partial charge in [-0.1, -0.05) is 0 Å². The molecule has 1 atom stereocenters. The van der Waals surface area contributed by atoms with Gasteiger partial charge in [-0.25, -0.2) is 9.48 Å². The summed E-state index contributed by atoms with van der Waals surface area (Å²) in [7, 11) is 0. The number of tetrazole rings is 1. The van der Waals surface area contributed by atoms with Crippen molar-refractivity contribution in [2.45, 2.75) is 19.0 Å². The summed E-state index contributed by atoms with van der Waals surface area (Å²) in [5.74, 6) is -1.73. The normalized spacial score (nSPS) is 12.1. The van der Waals surface area contributed by atoms with Crippen molar-refractivity contribution in [2.24, 2.45) is 0 Å².